The van der Waals surface area contributed by atoms with Crippen molar-refractivity contribution in [3.05, 3.63) is 71.8 Å². The zero-order chi connectivity index (χ0) is 25.5. The lowest BCUT2D eigenvalue weighted by atomic mass is 9.92. The number of rotatable bonds is 13. The van der Waals surface area contributed by atoms with Crippen LogP contribution in [-0.4, -0.2) is 34.5 Å². The molecule has 0 fully saturated rings. The number of allylic oxidation sites excluding steroid dienone is 1. The van der Waals surface area contributed by atoms with Gasteiger partial charge in [0.1, 0.15) is 5.75 Å². The Morgan fingerprint density at radius 1 is 0.943 bits per heavy atom. The van der Waals surface area contributed by atoms with Gasteiger partial charge in [-0.05, 0) is 49.3 Å². The molecule has 1 aliphatic carbocycles. The Kier molecular flexibility index (Phi) is 9.07. The van der Waals surface area contributed by atoms with E-state index in [1.165, 1.54) is 43.5 Å². The van der Waals surface area contributed by atoms with Gasteiger partial charge in [0.2, 0.25) is 10.0 Å². The van der Waals surface area contributed by atoms with Gasteiger partial charge < -0.3 is 13.8 Å². The van der Waals surface area contributed by atoms with E-state index in [2.05, 4.69) is 4.72 Å². The summed E-state index contributed by atoms with van der Waals surface area (Å²) in [5, 5.41) is -1.93. The van der Waals surface area contributed by atoms with Crippen LogP contribution in [0.1, 0.15) is 55.5 Å². The van der Waals surface area contributed by atoms with Gasteiger partial charge in [0.25, 0.3) is 0 Å². The minimum absolute atomic E-state index is 0.0610. The molecule has 190 valence electrons. The van der Waals surface area contributed by atoms with Gasteiger partial charge >= 0.3 is 7.60 Å². The molecule has 0 aliphatic heterocycles. The maximum Gasteiger partial charge on any atom is 0.360 e. The molecule has 1 N–H and O–H groups in total. The van der Waals surface area contributed by atoms with Gasteiger partial charge in [-0.1, -0.05) is 51.0 Å². The van der Waals surface area contributed by atoms with Gasteiger partial charge in [-0.2, -0.15) is 4.72 Å². The molecule has 0 saturated heterocycles. The van der Waals surface area contributed by atoms with E-state index in [4.69, 9.17) is 13.8 Å². The second-order valence-electron chi connectivity index (χ2n) is 8.16. The van der Waals surface area contributed by atoms with Crippen LogP contribution < -0.4 is 9.46 Å². The van der Waals surface area contributed by atoms with Crippen molar-refractivity contribution in [1.29, 1.82) is 0 Å². The summed E-state index contributed by atoms with van der Waals surface area (Å²) in [6.45, 7) is 4.14. The number of carbonyl (C=O) groups is 1. The summed E-state index contributed by atoms with van der Waals surface area (Å²) < 4.78 is 61.3. The van der Waals surface area contributed by atoms with E-state index < -0.39 is 22.9 Å². The molecule has 0 aromatic heterocycles. The normalized spacial score (nSPS) is 17.9. The SMILES string of the molecule is CCCCOP(=O)(OCCCC)C1(NS(=O)(=O)c2ccc(OC)cc2)C=CC(=O)c2ccccc21. The minimum atomic E-state index is -4.25. The Morgan fingerprint density at radius 2 is 1.54 bits per heavy atom. The molecule has 35 heavy (non-hydrogen) atoms. The van der Waals surface area contributed by atoms with Crippen LogP contribution in [0.2, 0.25) is 0 Å². The number of fused-ring (bicyclic) bond motifs is 1. The molecule has 0 saturated carbocycles. The van der Waals surface area contributed by atoms with Crippen molar-refractivity contribution >= 4 is 23.4 Å². The van der Waals surface area contributed by atoms with E-state index in [1.807, 2.05) is 13.8 Å². The van der Waals surface area contributed by atoms with E-state index in [0.29, 0.717) is 18.6 Å². The topological polar surface area (TPSA) is 108 Å². The number of nitrogens with one attached hydrogen (secondary N) is 1. The first-order valence-corrected chi connectivity index (χ1v) is 14.7. The first-order valence-electron chi connectivity index (χ1n) is 11.6. The largest absolute Gasteiger partial charge is 0.497 e. The molecule has 0 radical (unpaired) electrons. The molecule has 0 bridgehead atoms. The zero-order valence-corrected chi connectivity index (χ0v) is 21.9. The lowest BCUT2D eigenvalue weighted by molar-refractivity contribution is 0.104. The summed E-state index contributed by atoms with van der Waals surface area (Å²) in [7, 11) is -7.00. The van der Waals surface area contributed by atoms with Crippen molar-refractivity contribution < 1.29 is 31.6 Å². The highest BCUT2D eigenvalue weighted by Crippen LogP contribution is 2.66. The van der Waals surface area contributed by atoms with Crippen LogP contribution in [0.15, 0.2) is 65.6 Å². The summed E-state index contributed by atoms with van der Waals surface area (Å²) in [6.07, 6.45) is 5.30. The third-order valence-electron chi connectivity index (χ3n) is 5.69. The quantitative estimate of drug-likeness (QED) is 0.278. The Morgan fingerprint density at radius 3 is 2.11 bits per heavy atom. The number of methoxy groups -OCH3 is 1. The number of sulfonamides is 1. The summed E-state index contributed by atoms with van der Waals surface area (Å²) in [6, 6.07) is 12.3. The molecule has 0 heterocycles. The molecule has 8 nitrogen and oxygen atoms in total. The van der Waals surface area contributed by atoms with Crippen molar-refractivity contribution in [3.8, 4) is 5.75 Å². The standard InChI is InChI=1S/C25H32NO7PS/c1-4-6-18-32-34(28,33-19-7-5-2)25(17-16-24(27)22-10-8-9-11-23(22)25)26-35(29,30)21-14-12-20(31-3)13-15-21/h8-17,26H,4-7,18-19H2,1-3H3. The number of benzene rings is 2. The van der Waals surface area contributed by atoms with Gasteiger partial charge in [0.05, 0.1) is 25.2 Å². The fraction of sp³-hybridized carbons (Fsp3) is 0.400. The van der Waals surface area contributed by atoms with Crippen LogP contribution in [0.3, 0.4) is 0 Å². The lowest BCUT2D eigenvalue weighted by Gasteiger charge is -2.40. The molecule has 2 aromatic rings. The highest BCUT2D eigenvalue weighted by Gasteiger charge is 2.56. The molecule has 1 aliphatic rings. The second kappa shape index (κ2) is 11.6. The molecule has 1 unspecified atom stereocenters. The van der Waals surface area contributed by atoms with Crippen molar-refractivity contribution in [2.45, 2.75) is 49.7 Å². The molecular weight excluding hydrogens is 489 g/mol. The highest BCUT2D eigenvalue weighted by atomic mass is 32.2. The third kappa shape index (κ3) is 5.76. The predicted octanol–water partition coefficient (Wildman–Crippen LogP) is 5.41. The minimum Gasteiger partial charge on any atom is -0.497 e. The number of carbonyl (C=O) groups excluding carboxylic acids is 1. The molecule has 10 heteroatoms. The molecule has 0 spiro atoms. The maximum atomic E-state index is 14.6. The number of ether oxygens (including phenoxy) is 1. The van der Waals surface area contributed by atoms with Crippen LogP contribution in [0, 0.1) is 0 Å². The van der Waals surface area contributed by atoms with Crippen LogP contribution in [-0.2, 0) is 28.9 Å². The summed E-state index contributed by atoms with van der Waals surface area (Å²) in [5.74, 6) is 0.164. The molecule has 2 aromatic carbocycles. The Bertz CT molecular complexity index is 1200. The average Bonchev–Trinajstić information content (AvgIpc) is 2.86. The van der Waals surface area contributed by atoms with Gasteiger partial charge in [-0.15, -0.1) is 0 Å². The summed E-state index contributed by atoms with van der Waals surface area (Å²) in [4.78, 5) is 12.6. The van der Waals surface area contributed by atoms with E-state index >= 15 is 0 Å². The zero-order valence-electron chi connectivity index (χ0n) is 20.2. The van der Waals surface area contributed by atoms with Crippen molar-refractivity contribution in [1.82, 2.24) is 4.72 Å². The monoisotopic (exact) mass is 521 g/mol. The third-order valence-corrected chi connectivity index (χ3v) is 9.73. The van der Waals surface area contributed by atoms with E-state index in [-0.39, 0.29) is 35.0 Å². The highest BCUT2D eigenvalue weighted by molar-refractivity contribution is 7.90. The first kappa shape index (κ1) is 27.3. The smallest absolute Gasteiger partial charge is 0.360 e. The van der Waals surface area contributed by atoms with Crippen molar-refractivity contribution in [2.75, 3.05) is 20.3 Å². The molecule has 3 rings (SSSR count). The maximum absolute atomic E-state index is 14.6. The van der Waals surface area contributed by atoms with Gasteiger partial charge in [0.15, 0.2) is 11.1 Å². The van der Waals surface area contributed by atoms with Crippen LogP contribution in [0.25, 0.3) is 0 Å². The van der Waals surface area contributed by atoms with E-state index in [0.717, 1.165) is 12.8 Å². The molecule has 0 amide bonds. The second-order valence-corrected chi connectivity index (χ2v) is 12.1. The first-order chi connectivity index (χ1) is 16.7. The lowest BCUT2D eigenvalue weighted by Crippen LogP contribution is -2.47. The number of unbranched alkanes of at least 4 members (excludes halogenated alkanes) is 2. The van der Waals surface area contributed by atoms with Gasteiger partial charge in [-0.3, -0.25) is 9.36 Å². The average molecular weight is 522 g/mol. The van der Waals surface area contributed by atoms with Crippen LogP contribution in [0.5, 0.6) is 5.75 Å². The van der Waals surface area contributed by atoms with Crippen molar-refractivity contribution in [3.63, 3.8) is 0 Å². The summed E-state index contributed by atoms with van der Waals surface area (Å²) in [5.41, 5.74) is 0.451. The van der Waals surface area contributed by atoms with Gasteiger partial charge in [-0.25, -0.2) is 8.42 Å². The van der Waals surface area contributed by atoms with Crippen LogP contribution in [0.4, 0.5) is 0 Å². The Hall–Kier alpha value is -2.29. The predicted molar refractivity (Wildman–Crippen MR) is 134 cm³/mol. The Labute approximate surface area is 207 Å². The van der Waals surface area contributed by atoms with E-state index in [9.17, 15) is 17.8 Å². The van der Waals surface area contributed by atoms with Crippen molar-refractivity contribution in [2.24, 2.45) is 0 Å². The molecular formula is C25H32NO7PS. The summed E-state index contributed by atoms with van der Waals surface area (Å²) >= 11 is 0. The van der Waals surface area contributed by atoms with E-state index in [1.54, 1.807) is 24.3 Å². The fourth-order valence-electron chi connectivity index (χ4n) is 3.71. The molecule has 1 atom stereocenters. The number of hydrogen-bond donors (Lipinski definition) is 1. The number of ketones is 1. The Balaban J connectivity index is 2.19. The van der Waals surface area contributed by atoms with Gasteiger partial charge in [0, 0.05) is 11.1 Å². The fourth-order valence-corrected chi connectivity index (χ4v) is 7.68. The van der Waals surface area contributed by atoms with Crippen LogP contribution >= 0.6 is 7.60 Å². The number of hydrogen-bond acceptors (Lipinski definition) is 7.